The SMILES string of the molecule is CCc1cccc(-n2nnnc2-c2cc(N)ccc2Cl)c1. The van der Waals surface area contributed by atoms with E-state index in [9.17, 15) is 0 Å². The molecule has 0 atom stereocenters. The highest BCUT2D eigenvalue weighted by Crippen LogP contribution is 2.29. The first-order valence-electron chi connectivity index (χ1n) is 6.62. The molecule has 3 rings (SSSR count). The smallest absolute Gasteiger partial charge is 0.188 e. The third-order valence-corrected chi connectivity index (χ3v) is 3.59. The second kappa shape index (κ2) is 5.54. The van der Waals surface area contributed by atoms with Gasteiger partial charge in [-0.05, 0) is 52.7 Å². The molecule has 2 N–H and O–H groups in total. The van der Waals surface area contributed by atoms with Crippen LogP contribution in [-0.2, 0) is 6.42 Å². The zero-order valence-electron chi connectivity index (χ0n) is 11.5. The molecule has 0 fully saturated rings. The van der Waals surface area contributed by atoms with Gasteiger partial charge < -0.3 is 5.73 Å². The van der Waals surface area contributed by atoms with Crippen molar-refractivity contribution in [1.29, 1.82) is 0 Å². The van der Waals surface area contributed by atoms with E-state index in [0.29, 0.717) is 22.1 Å². The summed E-state index contributed by atoms with van der Waals surface area (Å²) in [5, 5.41) is 12.5. The molecular formula is C15H14ClN5. The Kier molecular flexibility index (Phi) is 3.58. The number of rotatable bonds is 3. The number of nitrogens with zero attached hydrogens (tertiary/aromatic N) is 4. The number of nitrogen functional groups attached to an aromatic ring is 1. The molecule has 1 aromatic heterocycles. The molecule has 6 heteroatoms. The van der Waals surface area contributed by atoms with Crippen LogP contribution in [0.25, 0.3) is 17.1 Å². The number of anilines is 1. The van der Waals surface area contributed by atoms with Crippen LogP contribution in [-0.4, -0.2) is 20.2 Å². The highest BCUT2D eigenvalue weighted by Gasteiger charge is 2.14. The Morgan fingerprint density at radius 1 is 1.19 bits per heavy atom. The zero-order chi connectivity index (χ0) is 14.8. The van der Waals surface area contributed by atoms with Crippen molar-refractivity contribution in [3.05, 3.63) is 53.1 Å². The highest BCUT2D eigenvalue weighted by molar-refractivity contribution is 6.33. The summed E-state index contributed by atoms with van der Waals surface area (Å²) in [6.07, 6.45) is 0.949. The maximum atomic E-state index is 6.24. The van der Waals surface area contributed by atoms with Crippen LogP contribution in [0.15, 0.2) is 42.5 Å². The quantitative estimate of drug-likeness (QED) is 0.754. The number of hydrogen-bond donors (Lipinski definition) is 1. The van der Waals surface area contributed by atoms with E-state index in [0.717, 1.165) is 12.1 Å². The minimum absolute atomic E-state index is 0.562. The molecular weight excluding hydrogens is 286 g/mol. The monoisotopic (exact) mass is 299 g/mol. The van der Waals surface area contributed by atoms with Gasteiger partial charge in [0.2, 0.25) is 0 Å². The molecule has 0 spiro atoms. The van der Waals surface area contributed by atoms with Crippen molar-refractivity contribution in [3.63, 3.8) is 0 Å². The summed E-state index contributed by atoms with van der Waals surface area (Å²) in [5.41, 5.74) is 9.27. The van der Waals surface area contributed by atoms with Gasteiger partial charge in [0.15, 0.2) is 5.82 Å². The number of benzene rings is 2. The Hall–Kier alpha value is -2.40. The normalized spacial score (nSPS) is 10.8. The van der Waals surface area contributed by atoms with E-state index in [4.69, 9.17) is 17.3 Å². The van der Waals surface area contributed by atoms with Crippen LogP contribution in [0, 0.1) is 0 Å². The molecule has 3 aromatic rings. The van der Waals surface area contributed by atoms with E-state index in [-0.39, 0.29) is 0 Å². The van der Waals surface area contributed by atoms with Crippen molar-refractivity contribution in [1.82, 2.24) is 20.2 Å². The summed E-state index contributed by atoms with van der Waals surface area (Å²) in [6.45, 7) is 2.11. The third-order valence-electron chi connectivity index (χ3n) is 3.26. The number of nitrogens with two attached hydrogens (primary N) is 1. The standard InChI is InChI=1S/C15H14ClN5/c1-2-10-4-3-5-12(8-10)21-15(18-19-20-21)13-9-11(17)6-7-14(13)16/h3-9H,2,17H2,1H3. The van der Waals surface area contributed by atoms with E-state index >= 15 is 0 Å². The van der Waals surface area contributed by atoms with Crippen LogP contribution in [0.1, 0.15) is 12.5 Å². The lowest BCUT2D eigenvalue weighted by Crippen LogP contribution is -2.01. The molecule has 2 aromatic carbocycles. The van der Waals surface area contributed by atoms with Crippen LogP contribution >= 0.6 is 11.6 Å². The van der Waals surface area contributed by atoms with Gasteiger partial charge in [0, 0.05) is 11.3 Å². The average Bonchev–Trinajstić information content (AvgIpc) is 2.99. The summed E-state index contributed by atoms with van der Waals surface area (Å²) in [7, 11) is 0. The zero-order valence-corrected chi connectivity index (χ0v) is 12.2. The molecule has 0 unspecified atom stereocenters. The van der Waals surface area contributed by atoms with Gasteiger partial charge in [-0.1, -0.05) is 30.7 Å². The predicted molar refractivity (Wildman–Crippen MR) is 83.4 cm³/mol. The molecule has 0 aliphatic carbocycles. The lowest BCUT2D eigenvalue weighted by atomic mass is 10.1. The first-order valence-corrected chi connectivity index (χ1v) is 7.00. The fourth-order valence-electron chi connectivity index (χ4n) is 2.15. The third kappa shape index (κ3) is 2.60. The molecule has 0 bridgehead atoms. The summed E-state index contributed by atoms with van der Waals surface area (Å²) < 4.78 is 1.67. The van der Waals surface area contributed by atoms with Crippen LogP contribution in [0.5, 0.6) is 0 Å². The van der Waals surface area contributed by atoms with Crippen molar-refractivity contribution in [2.24, 2.45) is 0 Å². The number of hydrogen-bond acceptors (Lipinski definition) is 4. The molecule has 0 aliphatic heterocycles. The number of aromatic nitrogens is 4. The number of aryl methyl sites for hydroxylation is 1. The Bertz CT molecular complexity index is 781. The van der Waals surface area contributed by atoms with Crippen molar-refractivity contribution in [2.75, 3.05) is 5.73 Å². The van der Waals surface area contributed by atoms with Gasteiger partial charge in [0.25, 0.3) is 0 Å². The fourth-order valence-corrected chi connectivity index (χ4v) is 2.35. The summed E-state index contributed by atoms with van der Waals surface area (Å²) in [5.74, 6) is 0.570. The topological polar surface area (TPSA) is 69.6 Å². The van der Waals surface area contributed by atoms with Gasteiger partial charge in [-0.15, -0.1) is 5.10 Å². The minimum atomic E-state index is 0.562. The summed E-state index contributed by atoms with van der Waals surface area (Å²) >= 11 is 6.24. The molecule has 1 heterocycles. The average molecular weight is 300 g/mol. The molecule has 21 heavy (non-hydrogen) atoms. The number of tetrazole rings is 1. The van der Waals surface area contributed by atoms with Crippen molar-refractivity contribution < 1.29 is 0 Å². The highest BCUT2D eigenvalue weighted by atomic mass is 35.5. The summed E-state index contributed by atoms with van der Waals surface area (Å²) in [6, 6.07) is 13.3. The van der Waals surface area contributed by atoms with Gasteiger partial charge in [0.1, 0.15) is 0 Å². The molecule has 106 valence electrons. The molecule has 0 amide bonds. The molecule has 0 aliphatic rings. The van der Waals surface area contributed by atoms with Crippen molar-refractivity contribution in [3.8, 4) is 17.1 Å². The Labute approximate surface area is 127 Å². The molecule has 0 saturated heterocycles. The van der Waals surface area contributed by atoms with Gasteiger partial charge in [-0.2, -0.15) is 4.68 Å². The fraction of sp³-hybridized carbons (Fsp3) is 0.133. The van der Waals surface area contributed by atoms with Crippen molar-refractivity contribution >= 4 is 17.3 Å². The van der Waals surface area contributed by atoms with E-state index < -0.39 is 0 Å². The van der Waals surface area contributed by atoms with E-state index in [2.05, 4.69) is 34.6 Å². The van der Waals surface area contributed by atoms with Crippen LogP contribution in [0.4, 0.5) is 5.69 Å². The maximum absolute atomic E-state index is 6.24. The van der Waals surface area contributed by atoms with Gasteiger partial charge in [0.05, 0.1) is 10.7 Å². The van der Waals surface area contributed by atoms with Gasteiger partial charge >= 0.3 is 0 Å². The Balaban J connectivity index is 2.14. The van der Waals surface area contributed by atoms with Crippen molar-refractivity contribution in [2.45, 2.75) is 13.3 Å². The van der Waals surface area contributed by atoms with Crippen LogP contribution in [0.3, 0.4) is 0 Å². The predicted octanol–water partition coefficient (Wildman–Crippen LogP) is 3.13. The number of halogens is 1. The van der Waals surface area contributed by atoms with Gasteiger partial charge in [-0.25, -0.2) is 0 Å². The summed E-state index contributed by atoms with van der Waals surface area (Å²) in [4.78, 5) is 0. The molecule has 0 radical (unpaired) electrons. The maximum Gasteiger partial charge on any atom is 0.188 e. The first-order chi connectivity index (χ1) is 10.2. The lowest BCUT2D eigenvalue weighted by Gasteiger charge is -2.08. The Morgan fingerprint density at radius 2 is 2.05 bits per heavy atom. The molecule has 5 nitrogen and oxygen atoms in total. The van der Waals surface area contributed by atoms with Crippen LogP contribution in [0.2, 0.25) is 5.02 Å². The first kappa shape index (κ1) is 13.6. The second-order valence-electron chi connectivity index (χ2n) is 4.68. The van der Waals surface area contributed by atoms with E-state index in [1.54, 1.807) is 22.9 Å². The second-order valence-corrected chi connectivity index (χ2v) is 5.08. The largest absolute Gasteiger partial charge is 0.399 e. The van der Waals surface area contributed by atoms with Gasteiger partial charge in [-0.3, -0.25) is 0 Å². The van der Waals surface area contributed by atoms with Crippen LogP contribution < -0.4 is 5.73 Å². The lowest BCUT2D eigenvalue weighted by molar-refractivity contribution is 0.790. The molecule has 0 saturated carbocycles. The van der Waals surface area contributed by atoms with E-state index in [1.165, 1.54) is 5.56 Å². The minimum Gasteiger partial charge on any atom is -0.399 e. The van der Waals surface area contributed by atoms with E-state index in [1.807, 2.05) is 12.1 Å². The Morgan fingerprint density at radius 3 is 2.86 bits per heavy atom.